The highest BCUT2D eigenvalue weighted by Crippen LogP contribution is 2.47. The van der Waals surface area contributed by atoms with Gasteiger partial charge in [0.2, 0.25) is 10.0 Å². The zero-order valence-electron chi connectivity index (χ0n) is 17.8. The fourth-order valence-corrected chi connectivity index (χ4v) is 6.37. The van der Waals surface area contributed by atoms with Crippen LogP contribution in [0.25, 0.3) is 0 Å². The highest BCUT2D eigenvalue weighted by Gasteiger charge is 2.48. The minimum atomic E-state index is -3.86. The van der Waals surface area contributed by atoms with Crippen molar-refractivity contribution in [1.82, 2.24) is 4.31 Å². The van der Waals surface area contributed by atoms with Crippen LogP contribution in [0.1, 0.15) is 48.5 Å². The van der Waals surface area contributed by atoms with E-state index in [0.29, 0.717) is 6.42 Å². The molecule has 1 aliphatic rings. The van der Waals surface area contributed by atoms with E-state index in [1.165, 1.54) is 0 Å². The van der Waals surface area contributed by atoms with E-state index in [1.807, 2.05) is 86.6 Å². The fourth-order valence-electron chi connectivity index (χ4n) is 4.55. The molecule has 4 nitrogen and oxygen atoms in total. The average molecular weight is 434 g/mol. The number of hydrogen-bond donors (Lipinski definition) is 0. The third-order valence-electron chi connectivity index (χ3n) is 6.13. The van der Waals surface area contributed by atoms with Crippen molar-refractivity contribution in [3.8, 4) is 0 Å². The number of carbonyl (C=O) groups is 1. The van der Waals surface area contributed by atoms with Crippen molar-refractivity contribution >= 4 is 15.8 Å². The number of hydrogen-bond acceptors (Lipinski definition) is 3. The van der Waals surface area contributed by atoms with Crippen LogP contribution in [0, 0.1) is 12.8 Å². The Labute approximate surface area is 184 Å². The van der Waals surface area contributed by atoms with E-state index in [1.54, 1.807) is 16.4 Å². The van der Waals surface area contributed by atoms with Crippen LogP contribution in [-0.4, -0.2) is 18.5 Å². The molecular formula is C26H27NO3S. The monoisotopic (exact) mass is 433 g/mol. The Kier molecular flexibility index (Phi) is 6.08. The molecule has 1 aliphatic heterocycles. The van der Waals surface area contributed by atoms with Gasteiger partial charge < -0.3 is 0 Å². The lowest BCUT2D eigenvalue weighted by atomic mass is 9.79. The Morgan fingerprint density at radius 1 is 0.839 bits per heavy atom. The molecule has 3 atom stereocenters. The summed E-state index contributed by atoms with van der Waals surface area (Å²) in [6.07, 6.45) is 0.761. The smallest absolute Gasteiger partial charge is 0.244 e. The maximum atomic E-state index is 14.0. The molecule has 0 amide bonds. The predicted molar refractivity (Wildman–Crippen MR) is 122 cm³/mol. The molecule has 0 bridgehead atoms. The van der Waals surface area contributed by atoms with Gasteiger partial charge in [0, 0.05) is 12.3 Å². The molecule has 0 spiro atoms. The molecule has 0 aromatic heterocycles. The van der Waals surface area contributed by atoms with Crippen molar-refractivity contribution in [2.24, 2.45) is 5.92 Å². The predicted octanol–water partition coefficient (Wildman–Crippen LogP) is 5.47. The third kappa shape index (κ3) is 4.08. The SMILES string of the molecule is CC[C@@H]1C(=O)C[C@@H](c2ccccc2)N(S(=O)(=O)c2ccc(C)cc2)[C@@H]1c1ccccc1. The first kappa shape index (κ1) is 21.5. The van der Waals surface area contributed by atoms with Crippen LogP contribution in [0.3, 0.4) is 0 Å². The van der Waals surface area contributed by atoms with E-state index in [4.69, 9.17) is 0 Å². The van der Waals surface area contributed by atoms with Crippen molar-refractivity contribution in [3.05, 3.63) is 102 Å². The highest BCUT2D eigenvalue weighted by molar-refractivity contribution is 7.89. The lowest BCUT2D eigenvalue weighted by Gasteiger charge is -2.44. The fraction of sp³-hybridized carbons (Fsp3) is 0.269. The summed E-state index contributed by atoms with van der Waals surface area (Å²) >= 11 is 0. The quantitative estimate of drug-likeness (QED) is 0.536. The van der Waals surface area contributed by atoms with Gasteiger partial charge in [-0.3, -0.25) is 4.79 Å². The maximum absolute atomic E-state index is 14.0. The van der Waals surface area contributed by atoms with Gasteiger partial charge in [-0.15, -0.1) is 0 Å². The summed E-state index contributed by atoms with van der Waals surface area (Å²) in [4.78, 5) is 13.5. The van der Waals surface area contributed by atoms with Gasteiger partial charge in [-0.1, -0.05) is 85.3 Å². The summed E-state index contributed by atoms with van der Waals surface area (Å²) in [6, 6.07) is 24.9. The molecule has 4 rings (SSSR count). The number of nitrogens with zero attached hydrogens (tertiary/aromatic N) is 1. The molecule has 0 unspecified atom stereocenters. The number of sulfonamides is 1. The van der Waals surface area contributed by atoms with Crippen LogP contribution in [0.5, 0.6) is 0 Å². The summed E-state index contributed by atoms with van der Waals surface area (Å²) in [5, 5.41) is 0. The van der Waals surface area contributed by atoms with Gasteiger partial charge in [0.15, 0.2) is 0 Å². The molecule has 3 aromatic carbocycles. The Morgan fingerprint density at radius 2 is 1.39 bits per heavy atom. The molecule has 3 aromatic rings. The van der Waals surface area contributed by atoms with E-state index in [-0.39, 0.29) is 23.0 Å². The molecule has 160 valence electrons. The first-order valence-corrected chi connectivity index (χ1v) is 12.1. The lowest BCUT2D eigenvalue weighted by molar-refractivity contribution is -0.129. The van der Waals surface area contributed by atoms with Crippen LogP contribution < -0.4 is 0 Å². The maximum Gasteiger partial charge on any atom is 0.244 e. The largest absolute Gasteiger partial charge is 0.299 e. The molecule has 31 heavy (non-hydrogen) atoms. The number of Topliss-reactive ketones (excluding diaryl/α,β-unsaturated/α-hetero) is 1. The third-order valence-corrected chi connectivity index (χ3v) is 8.04. The topological polar surface area (TPSA) is 54.5 Å². The van der Waals surface area contributed by atoms with Crippen molar-refractivity contribution in [2.75, 3.05) is 0 Å². The zero-order valence-corrected chi connectivity index (χ0v) is 18.6. The standard InChI is InChI=1S/C26H27NO3S/c1-3-23-25(28)18-24(20-10-6-4-7-11-20)27(26(23)21-12-8-5-9-13-21)31(29,30)22-16-14-19(2)15-17-22/h4-17,23-24,26H,3,18H2,1-2H3/t23-,24+,26-/m1/s1. The average Bonchev–Trinajstić information content (AvgIpc) is 2.79. The Morgan fingerprint density at radius 3 is 1.94 bits per heavy atom. The normalized spacial score (nSPS) is 22.4. The van der Waals surface area contributed by atoms with Gasteiger partial charge in [0.25, 0.3) is 0 Å². The number of aryl methyl sites for hydroxylation is 1. The van der Waals surface area contributed by atoms with E-state index < -0.39 is 22.1 Å². The molecule has 0 aliphatic carbocycles. The van der Waals surface area contributed by atoms with E-state index in [0.717, 1.165) is 16.7 Å². The molecule has 5 heteroatoms. The van der Waals surface area contributed by atoms with Gasteiger partial charge in [-0.25, -0.2) is 8.42 Å². The van der Waals surface area contributed by atoms with Gasteiger partial charge in [0.05, 0.1) is 17.0 Å². The second kappa shape index (κ2) is 8.77. The molecule has 1 heterocycles. The highest BCUT2D eigenvalue weighted by atomic mass is 32.2. The summed E-state index contributed by atoms with van der Waals surface area (Å²) < 4.78 is 29.7. The van der Waals surface area contributed by atoms with Gasteiger partial charge in [0.1, 0.15) is 5.78 Å². The summed E-state index contributed by atoms with van der Waals surface area (Å²) in [5.41, 5.74) is 2.68. The molecular weight excluding hydrogens is 406 g/mol. The van der Waals surface area contributed by atoms with Crippen molar-refractivity contribution < 1.29 is 13.2 Å². The van der Waals surface area contributed by atoms with E-state index in [9.17, 15) is 13.2 Å². The van der Waals surface area contributed by atoms with Crippen molar-refractivity contribution in [2.45, 2.75) is 43.7 Å². The van der Waals surface area contributed by atoms with Crippen molar-refractivity contribution in [1.29, 1.82) is 0 Å². The van der Waals surface area contributed by atoms with Crippen LogP contribution in [0.2, 0.25) is 0 Å². The van der Waals surface area contributed by atoms with Crippen LogP contribution in [-0.2, 0) is 14.8 Å². The zero-order chi connectivity index (χ0) is 22.0. The number of rotatable bonds is 5. The minimum absolute atomic E-state index is 0.112. The summed E-state index contributed by atoms with van der Waals surface area (Å²) in [6.45, 7) is 3.89. The summed E-state index contributed by atoms with van der Waals surface area (Å²) in [7, 11) is -3.86. The molecule has 0 saturated carbocycles. The summed E-state index contributed by atoms with van der Waals surface area (Å²) in [5.74, 6) is -0.275. The van der Waals surface area contributed by atoms with Gasteiger partial charge >= 0.3 is 0 Å². The number of piperidine rings is 1. The molecule has 0 N–H and O–H groups in total. The Hall–Kier alpha value is -2.76. The van der Waals surface area contributed by atoms with E-state index in [2.05, 4.69) is 0 Å². The Balaban J connectivity index is 1.94. The molecule has 0 radical (unpaired) electrons. The lowest BCUT2D eigenvalue weighted by Crippen LogP contribution is -2.48. The van der Waals surface area contributed by atoms with Gasteiger partial charge in [-0.05, 0) is 36.6 Å². The molecule has 1 fully saturated rings. The second-order valence-corrected chi connectivity index (χ2v) is 9.96. The number of carbonyl (C=O) groups excluding carboxylic acids is 1. The first-order valence-electron chi connectivity index (χ1n) is 10.7. The molecule has 1 saturated heterocycles. The second-order valence-electron chi connectivity index (χ2n) is 8.12. The number of ketones is 1. The Bertz CT molecular complexity index is 1140. The van der Waals surface area contributed by atoms with Crippen molar-refractivity contribution in [3.63, 3.8) is 0 Å². The van der Waals surface area contributed by atoms with Crippen LogP contribution in [0.4, 0.5) is 0 Å². The minimum Gasteiger partial charge on any atom is -0.299 e. The van der Waals surface area contributed by atoms with E-state index >= 15 is 0 Å². The van der Waals surface area contributed by atoms with Crippen LogP contribution in [0.15, 0.2) is 89.8 Å². The van der Waals surface area contributed by atoms with Gasteiger partial charge in [-0.2, -0.15) is 4.31 Å². The van der Waals surface area contributed by atoms with Crippen LogP contribution >= 0.6 is 0 Å². The number of benzene rings is 3. The first-order chi connectivity index (χ1) is 14.9.